The van der Waals surface area contributed by atoms with Gasteiger partial charge in [0.05, 0.1) is 6.20 Å². The summed E-state index contributed by atoms with van der Waals surface area (Å²) in [5, 5.41) is 7.77. The molecular weight excluding hydrogens is 186 g/mol. The molecular formula is C12H21N3. The number of hydrogen-bond acceptors (Lipinski definition) is 2. The van der Waals surface area contributed by atoms with E-state index in [1.54, 1.807) is 0 Å². The summed E-state index contributed by atoms with van der Waals surface area (Å²) in [6.07, 6.45) is 9.66. The van der Waals surface area contributed by atoms with Gasteiger partial charge >= 0.3 is 0 Å². The zero-order valence-electron chi connectivity index (χ0n) is 9.74. The predicted molar refractivity (Wildman–Crippen MR) is 61.5 cm³/mol. The zero-order chi connectivity index (χ0) is 10.7. The summed E-state index contributed by atoms with van der Waals surface area (Å²) in [4.78, 5) is 0. The van der Waals surface area contributed by atoms with Crippen LogP contribution in [-0.4, -0.2) is 15.8 Å². The number of nitrogens with zero attached hydrogens (tertiary/aromatic N) is 2. The van der Waals surface area contributed by atoms with Crippen molar-refractivity contribution in [2.75, 3.05) is 0 Å². The number of hydrogen-bond donors (Lipinski definition) is 1. The monoisotopic (exact) mass is 207 g/mol. The van der Waals surface area contributed by atoms with Crippen molar-refractivity contribution >= 4 is 0 Å². The minimum atomic E-state index is 0.646. The van der Waals surface area contributed by atoms with E-state index in [1.807, 2.05) is 17.9 Å². The van der Waals surface area contributed by atoms with E-state index >= 15 is 0 Å². The number of aromatic nitrogens is 2. The van der Waals surface area contributed by atoms with Gasteiger partial charge in [-0.2, -0.15) is 5.10 Å². The second-order valence-corrected chi connectivity index (χ2v) is 4.74. The third-order valence-electron chi connectivity index (χ3n) is 3.49. The topological polar surface area (TPSA) is 29.9 Å². The largest absolute Gasteiger partial charge is 0.310 e. The van der Waals surface area contributed by atoms with Crippen molar-refractivity contribution in [3.8, 4) is 0 Å². The Kier molecular flexibility index (Phi) is 3.41. The maximum Gasteiger partial charge on any atom is 0.0534 e. The van der Waals surface area contributed by atoms with Crippen LogP contribution in [0.25, 0.3) is 0 Å². The van der Waals surface area contributed by atoms with Crippen molar-refractivity contribution in [1.29, 1.82) is 0 Å². The molecule has 1 aliphatic carbocycles. The molecule has 1 aliphatic rings. The predicted octanol–water partition coefficient (Wildman–Crippen LogP) is 2.09. The van der Waals surface area contributed by atoms with Crippen LogP contribution in [0.4, 0.5) is 0 Å². The molecule has 15 heavy (non-hydrogen) atoms. The SMILES string of the molecule is C[C@H](NCc1cnn(C)c1)C1CCCC1. The Morgan fingerprint density at radius 1 is 1.53 bits per heavy atom. The van der Waals surface area contributed by atoms with Crippen molar-refractivity contribution in [1.82, 2.24) is 15.1 Å². The lowest BCUT2D eigenvalue weighted by Gasteiger charge is -2.19. The lowest BCUT2D eigenvalue weighted by molar-refractivity contribution is 0.380. The Bertz CT molecular complexity index is 300. The van der Waals surface area contributed by atoms with Crippen molar-refractivity contribution in [3.63, 3.8) is 0 Å². The summed E-state index contributed by atoms with van der Waals surface area (Å²) in [7, 11) is 1.96. The first-order chi connectivity index (χ1) is 7.25. The molecule has 0 bridgehead atoms. The van der Waals surface area contributed by atoms with Gasteiger partial charge < -0.3 is 5.32 Å². The van der Waals surface area contributed by atoms with E-state index in [-0.39, 0.29) is 0 Å². The molecule has 0 unspecified atom stereocenters. The molecule has 1 atom stereocenters. The molecule has 1 fully saturated rings. The Labute approximate surface area is 91.9 Å². The molecule has 0 amide bonds. The quantitative estimate of drug-likeness (QED) is 0.819. The highest BCUT2D eigenvalue weighted by Crippen LogP contribution is 2.27. The van der Waals surface area contributed by atoms with Crippen LogP contribution in [-0.2, 0) is 13.6 Å². The third-order valence-corrected chi connectivity index (χ3v) is 3.49. The van der Waals surface area contributed by atoms with E-state index in [9.17, 15) is 0 Å². The van der Waals surface area contributed by atoms with Gasteiger partial charge in [0.25, 0.3) is 0 Å². The highest BCUT2D eigenvalue weighted by atomic mass is 15.2. The van der Waals surface area contributed by atoms with E-state index in [4.69, 9.17) is 0 Å². The third kappa shape index (κ3) is 2.81. The smallest absolute Gasteiger partial charge is 0.0534 e. The van der Waals surface area contributed by atoms with Crippen LogP contribution < -0.4 is 5.32 Å². The standard InChI is InChI=1S/C12H21N3/c1-10(12-5-3-4-6-12)13-7-11-8-14-15(2)9-11/h8-10,12-13H,3-7H2,1-2H3/t10-/m0/s1. The second-order valence-electron chi connectivity index (χ2n) is 4.74. The first-order valence-corrected chi connectivity index (χ1v) is 5.96. The van der Waals surface area contributed by atoms with E-state index in [2.05, 4.69) is 23.5 Å². The van der Waals surface area contributed by atoms with Crippen molar-refractivity contribution in [2.45, 2.75) is 45.2 Å². The summed E-state index contributed by atoms with van der Waals surface area (Å²) in [6.45, 7) is 3.26. The van der Waals surface area contributed by atoms with E-state index in [0.717, 1.165) is 12.5 Å². The van der Waals surface area contributed by atoms with Crippen LogP contribution in [0, 0.1) is 5.92 Å². The Morgan fingerprint density at radius 3 is 2.87 bits per heavy atom. The Balaban J connectivity index is 1.77. The summed E-state index contributed by atoms with van der Waals surface area (Å²) in [5.74, 6) is 0.890. The van der Waals surface area contributed by atoms with Gasteiger partial charge in [0.15, 0.2) is 0 Å². The fourth-order valence-corrected chi connectivity index (χ4v) is 2.47. The molecule has 1 N–H and O–H groups in total. The molecule has 3 nitrogen and oxygen atoms in total. The molecule has 1 heterocycles. The van der Waals surface area contributed by atoms with Crippen LogP contribution in [0.2, 0.25) is 0 Å². The number of aryl methyl sites for hydroxylation is 1. The summed E-state index contributed by atoms with van der Waals surface area (Å²) in [6, 6.07) is 0.646. The highest BCUT2D eigenvalue weighted by Gasteiger charge is 2.20. The normalized spacial score (nSPS) is 19.6. The van der Waals surface area contributed by atoms with Gasteiger partial charge in [-0.05, 0) is 25.7 Å². The minimum Gasteiger partial charge on any atom is -0.310 e. The van der Waals surface area contributed by atoms with Gasteiger partial charge in [-0.3, -0.25) is 4.68 Å². The highest BCUT2D eigenvalue weighted by molar-refractivity contribution is 5.03. The fourth-order valence-electron chi connectivity index (χ4n) is 2.47. The summed E-state index contributed by atoms with van der Waals surface area (Å²) in [5.41, 5.74) is 1.28. The zero-order valence-corrected chi connectivity index (χ0v) is 9.74. The molecule has 0 aromatic carbocycles. The first-order valence-electron chi connectivity index (χ1n) is 5.96. The van der Waals surface area contributed by atoms with Crippen LogP contribution >= 0.6 is 0 Å². The molecule has 1 aromatic heterocycles. The minimum absolute atomic E-state index is 0.646. The van der Waals surface area contributed by atoms with Crippen LogP contribution in [0.1, 0.15) is 38.2 Å². The van der Waals surface area contributed by atoms with Gasteiger partial charge in [0, 0.05) is 31.4 Å². The second kappa shape index (κ2) is 4.79. The van der Waals surface area contributed by atoms with E-state index in [0.29, 0.717) is 6.04 Å². The van der Waals surface area contributed by atoms with Gasteiger partial charge in [-0.25, -0.2) is 0 Å². The molecule has 0 spiro atoms. The van der Waals surface area contributed by atoms with Crippen LogP contribution in [0.5, 0.6) is 0 Å². The van der Waals surface area contributed by atoms with Crippen molar-refractivity contribution < 1.29 is 0 Å². The molecule has 0 radical (unpaired) electrons. The molecule has 1 aromatic rings. The maximum absolute atomic E-state index is 4.17. The van der Waals surface area contributed by atoms with Crippen LogP contribution in [0.3, 0.4) is 0 Å². The Morgan fingerprint density at radius 2 is 2.27 bits per heavy atom. The average molecular weight is 207 g/mol. The van der Waals surface area contributed by atoms with Gasteiger partial charge in [-0.15, -0.1) is 0 Å². The number of nitrogens with one attached hydrogen (secondary N) is 1. The molecule has 1 saturated carbocycles. The maximum atomic E-state index is 4.17. The van der Waals surface area contributed by atoms with Crippen molar-refractivity contribution in [3.05, 3.63) is 18.0 Å². The fraction of sp³-hybridized carbons (Fsp3) is 0.750. The van der Waals surface area contributed by atoms with E-state index < -0.39 is 0 Å². The molecule has 3 heteroatoms. The molecule has 84 valence electrons. The molecule has 2 rings (SSSR count). The average Bonchev–Trinajstić information content (AvgIpc) is 2.84. The first kappa shape index (κ1) is 10.7. The number of rotatable bonds is 4. The van der Waals surface area contributed by atoms with Gasteiger partial charge in [0.1, 0.15) is 0 Å². The van der Waals surface area contributed by atoms with Gasteiger partial charge in [0.2, 0.25) is 0 Å². The molecule has 0 saturated heterocycles. The molecule has 0 aliphatic heterocycles. The summed E-state index contributed by atoms with van der Waals surface area (Å²) < 4.78 is 1.86. The van der Waals surface area contributed by atoms with Gasteiger partial charge in [-0.1, -0.05) is 12.8 Å². The van der Waals surface area contributed by atoms with Crippen molar-refractivity contribution in [2.24, 2.45) is 13.0 Å². The lowest BCUT2D eigenvalue weighted by Crippen LogP contribution is -2.31. The van der Waals surface area contributed by atoms with Crippen LogP contribution in [0.15, 0.2) is 12.4 Å². The summed E-state index contributed by atoms with van der Waals surface area (Å²) >= 11 is 0. The Hall–Kier alpha value is -0.830. The lowest BCUT2D eigenvalue weighted by atomic mass is 10.00. The van der Waals surface area contributed by atoms with E-state index in [1.165, 1.54) is 31.2 Å².